The number of rotatable bonds is 1. The van der Waals surface area contributed by atoms with Crippen LogP contribution in [0, 0.1) is 0 Å². The van der Waals surface area contributed by atoms with Gasteiger partial charge < -0.3 is 0 Å². The van der Waals surface area contributed by atoms with Crippen LogP contribution < -0.4 is 0 Å². The van der Waals surface area contributed by atoms with E-state index in [1.807, 2.05) is 0 Å². The van der Waals surface area contributed by atoms with Crippen molar-refractivity contribution in [2.24, 2.45) is 0 Å². The zero-order chi connectivity index (χ0) is 19.9. The van der Waals surface area contributed by atoms with Crippen molar-refractivity contribution in [2.75, 3.05) is 0 Å². The summed E-state index contributed by atoms with van der Waals surface area (Å²) in [5.41, 5.74) is 6.76. The Morgan fingerprint density at radius 1 is 0.433 bits per heavy atom. The second-order valence-corrected chi connectivity index (χ2v) is 8.69. The van der Waals surface area contributed by atoms with Crippen LogP contribution in [0.1, 0.15) is 23.6 Å². The molecule has 0 heterocycles. The third kappa shape index (κ3) is 1.82. The topological polar surface area (TPSA) is 0 Å². The highest BCUT2D eigenvalue weighted by Gasteiger charge is 2.41. The van der Waals surface area contributed by atoms with Crippen LogP contribution in [0.3, 0.4) is 0 Å². The molecule has 0 saturated carbocycles. The standard InChI is InChI=1S/C30H20/c1-30(25-11-4-2-9-22(25)23-10-3-5-12-26(23)30)27-18-16-21-14-13-19-7-6-8-20-15-17-24(27)29(21)28(19)20/h2-18H,1H3. The minimum Gasteiger partial charge on any atom is -0.0619 e. The lowest BCUT2D eigenvalue weighted by Gasteiger charge is -2.30. The second kappa shape index (κ2) is 5.49. The lowest BCUT2D eigenvalue weighted by molar-refractivity contribution is 0.721. The molecule has 0 bridgehead atoms. The van der Waals surface area contributed by atoms with Crippen LogP contribution in [0.25, 0.3) is 43.4 Å². The zero-order valence-corrected chi connectivity index (χ0v) is 16.8. The summed E-state index contributed by atoms with van der Waals surface area (Å²) in [6.07, 6.45) is 0. The molecule has 30 heavy (non-hydrogen) atoms. The molecule has 6 aromatic carbocycles. The summed E-state index contributed by atoms with van der Waals surface area (Å²) in [7, 11) is 0. The van der Waals surface area contributed by atoms with Gasteiger partial charge in [-0.05, 0) is 67.1 Å². The average Bonchev–Trinajstić information content (AvgIpc) is 3.07. The largest absolute Gasteiger partial charge is 0.0619 e. The van der Waals surface area contributed by atoms with E-state index in [1.165, 1.54) is 60.1 Å². The van der Waals surface area contributed by atoms with E-state index in [0.29, 0.717) is 0 Å². The highest BCUT2D eigenvalue weighted by atomic mass is 14.4. The SMILES string of the molecule is CC1(c2ccc3ccc4cccc5ccc2c3c45)c2ccccc2-c2ccccc21. The van der Waals surface area contributed by atoms with Crippen molar-refractivity contribution < 1.29 is 0 Å². The van der Waals surface area contributed by atoms with Gasteiger partial charge in [-0.25, -0.2) is 0 Å². The summed E-state index contributed by atoms with van der Waals surface area (Å²) in [5.74, 6) is 0. The van der Waals surface area contributed by atoms with E-state index in [9.17, 15) is 0 Å². The van der Waals surface area contributed by atoms with Gasteiger partial charge in [0.2, 0.25) is 0 Å². The third-order valence-corrected chi connectivity index (χ3v) is 7.29. The van der Waals surface area contributed by atoms with Crippen LogP contribution in [0.15, 0.2) is 103 Å². The van der Waals surface area contributed by atoms with Gasteiger partial charge in [0, 0.05) is 5.41 Å². The van der Waals surface area contributed by atoms with Gasteiger partial charge in [0.05, 0.1) is 0 Å². The minimum atomic E-state index is -0.171. The molecule has 1 aliphatic rings. The van der Waals surface area contributed by atoms with Crippen LogP contribution >= 0.6 is 0 Å². The van der Waals surface area contributed by atoms with E-state index in [1.54, 1.807) is 0 Å². The minimum absolute atomic E-state index is 0.171. The first kappa shape index (κ1) is 16.2. The summed E-state index contributed by atoms with van der Waals surface area (Å²) >= 11 is 0. The first-order chi connectivity index (χ1) is 14.8. The van der Waals surface area contributed by atoms with Crippen LogP contribution in [0.5, 0.6) is 0 Å². The van der Waals surface area contributed by atoms with E-state index in [-0.39, 0.29) is 5.41 Å². The van der Waals surface area contributed by atoms with Gasteiger partial charge in [0.1, 0.15) is 0 Å². The van der Waals surface area contributed by atoms with Crippen LogP contribution in [-0.2, 0) is 5.41 Å². The van der Waals surface area contributed by atoms with Crippen LogP contribution in [0.4, 0.5) is 0 Å². The molecule has 0 heteroatoms. The Hall–Kier alpha value is -3.64. The second-order valence-electron chi connectivity index (χ2n) is 8.69. The Balaban J connectivity index is 1.67. The Labute approximate surface area is 175 Å². The van der Waals surface area contributed by atoms with Gasteiger partial charge in [-0.3, -0.25) is 0 Å². The van der Waals surface area contributed by atoms with Crippen molar-refractivity contribution in [1.82, 2.24) is 0 Å². The Kier molecular flexibility index (Phi) is 2.96. The summed E-state index contributed by atoms with van der Waals surface area (Å²) in [6, 6.07) is 38.3. The molecule has 0 aromatic heterocycles. The molecule has 0 unspecified atom stereocenters. The fraction of sp³-hybridized carbons (Fsp3) is 0.0667. The van der Waals surface area contributed by atoms with Gasteiger partial charge in [-0.1, -0.05) is 103 Å². The Morgan fingerprint density at radius 2 is 0.967 bits per heavy atom. The maximum absolute atomic E-state index is 2.41. The third-order valence-electron chi connectivity index (χ3n) is 7.29. The van der Waals surface area contributed by atoms with Crippen molar-refractivity contribution >= 4 is 32.3 Å². The van der Waals surface area contributed by atoms with E-state index >= 15 is 0 Å². The molecule has 0 aliphatic heterocycles. The van der Waals surface area contributed by atoms with Crippen LogP contribution in [-0.4, -0.2) is 0 Å². The summed E-state index contributed by atoms with van der Waals surface area (Å²) in [6.45, 7) is 2.41. The fourth-order valence-corrected chi connectivity index (χ4v) is 5.91. The highest BCUT2D eigenvalue weighted by Crippen LogP contribution is 2.54. The molecule has 140 valence electrons. The smallest absolute Gasteiger partial charge is 0.0441 e. The van der Waals surface area contributed by atoms with Gasteiger partial charge in [-0.15, -0.1) is 0 Å². The van der Waals surface area contributed by atoms with Gasteiger partial charge in [0.25, 0.3) is 0 Å². The van der Waals surface area contributed by atoms with Gasteiger partial charge in [-0.2, -0.15) is 0 Å². The van der Waals surface area contributed by atoms with E-state index in [0.717, 1.165) is 0 Å². The molecular weight excluding hydrogens is 360 g/mol. The quantitative estimate of drug-likeness (QED) is 0.254. The molecule has 0 spiro atoms. The highest BCUT2D eigenvalue weighted by molar-refractivity contribution is 6.23. The van der Waals surface area contributed by atoms with Crippen LogP contribution in [0.2, 0.25) is 0 Å². The Morgan fingerprint density at radius 3 is 1.63 bits per heavy atom. The molecule has 7 rings (SSSR count). The lowest BCUT2D eigenvalue weighted by atomic mass is 9.72. The maximum Gasteiger partial charge on any atom is 0.0441 e. The van der Waals surface area contributed by atoms with E-state index in [4.69, 9.17) is 0 Å². The van der Waals surface area contributed by atoms with Crippen molar-refractivity contribution in [3.63, 3.8) is 0 Å². The monoisotopic (exact) mass is 380 g/mol. The van der Waals surface area contributed by atoms with Crippen molar-refractivity contribution in [2.45, 2.75) is 12.3 Å². The predicted octanol–water partition coefficient (Wildman–Crippen LogP) is 7.92. The molecule has 0 saturated heterocycles. The zero-order valence-electron chi connectivity index (χ0n) is 16.8. The average molecular weight is 380 g/mol. The Bertz CT molecular complexity index is 1540. The van der Waals surface area contributed by atoms with Crippen molar-refractivity contribution in [1.29, 1.82) is 0 Å². The number of benzene rings is 6. The molecule has 0 fully saturated rings. The van der Waals surface area contributed by atoms with E-state index in [2.05, 4.69) is 110 Å². The molecule has 0 nitrogen and oxygen atoms in total. The van der Waals surface area contributed by atoms with Gasteiger partial charge >= 0.3 is 0 Å². The van der Waals surface area contributed by atoms with Crippen molar-refractivity contribution in [3.8, 4) is 11.1 Å². The first-order valence-electron chi connectivity index (χ1n) is 10.6. The van der Waals surface area contributed by atoms with Crippen molar-refractivity contribution in [3.05, 3.63) is 120 Å². The normalized spacial score (nSPS) is 14.4. The number of hydrogen-bond donors (Lipinski definition) is 0. The fourth-order valence-electron chi connectivity index (χ4n) is 5.91. The summed E-state index contributed by atoms with van der Waals surface area (Å²) in [5, 5.41) is 8.11. The molecule has 0 radical (unpaired) electrons. The van der Waals surface area contributed by atoms with Gasteiger partial charge in [0.15, 0.2) is 0 Å². The molecular formula is C30H20. The lowest BCUT2D eigenvalue weighted by Crippen LogP contribution is -2.22. The molecule has 0 amide bonds. The summed E-state index contributed by atoms with van der Waals surface area (Å²) < 4.78 is 0. The van der Waals surface area contributed by atoms with E-state index < -0.39 is 0 Å². The number of fused-ring (bicyclic) bond motifs is 3. The number of hydrogen-bond acceptors (Lipinski definition) is 0. The first-order valence-corrected chi connectivity index (χ1v) is 10.6. The molecule has 1 aliphatic carbocycles. The molecule has 6 aromatic rings. The summed E-state index contributed by atoms with van der Waals surface area (Å²) in [4.78, 5) is 0. The molecule has 0 N–H and O–H groups in total. The maximum atomic E-state index is 2.41. The molecule has 0 atom stereocenters. The predicted molar refractivity (Wildman–Crippen MR) is 128 cm³/mol.